The molecule has 1 aromatic rings. The Hall–Kier alpha value is -1.64. The summed E-state index contributed by atoms with van der Waals surface area (Å²) in [7, 11) is -0.0669. The van der Waals surface area contributed by atoms with Crippen molar-refractivity contribution < 1.29 is 13.2 Å². The van der Waals surface area contributed by atoms with Gasteiger partial charge in [0.05, 0.1) is 4.90 Å². The molecule has 1 unspecified atom stereocenters. The normalized spacial score (nSPS) is 17.8. The lowest BCUT2D eigenvalue weighted by Gasteiger charge is -2.19. The molecule has 0 bridgehead atoms. The van der Waals surface area contributed by atoms with Gasteiger partial charge in [-0.05, 0) is 26.1 Å². The summed E-state index contributed by atoms with van der Waals surface area (Å²) in [6.45, 7) is 2.90. The van der Waals surface area contributed by atoms with Gasteiger partial charge in [-0.2, -0.15) is 0 Å². The number of likely N-dealkylation sites (N-methyl/N-ethyl adjacent to an activating group) is 2. The molecule has 0 spiro atoms. The van der Waals surface area contributed by atoms with Crippen LogP contribution in [0.2, 0.25) is 0 Å². The van der Waals surface area contributed by atoms with Crippen molar-refractivity contribution in [3.8, 4) is 0 Å². The minimum Gasteiger partial charge on any atom is -0.343 e. The third kappa shape index (κ3) is 4.21. The van der Waals surface area contributed by atoms with Crippen LogP contribution in [-0.2, 0) is 14.8 Å². The summed E-state index contributed by atoms with van der Waals surface area (Å²) < 4.78 is 26.4. The topological polar surface area (TPSA) is 90.9 Å². The van der Waals surface area contributed by atoms with E-state index in [9.17, 15) is 13.2 Å². The van der Waals surface area contributed by atoms with E-state index in [0.29, 0.717) is 18.7 Å². The number of hydrogen-bond donors (Lipinski definition) is 2. The van der Waals surface area contributed by atoms with Gasteiger partial charge in [0.25, 0.3) is 10.0 Å². The molecule has 0 fully saturated rings. The van der Waals surface area contributed by atoms with Gasteiger partial charge in [-0.3, -0.25) is 14.5 Å². The van der Waals surface area contributed by atoms with Gasteiger partial charge >= 0.3 is 0 Å². The smallest absolute Gasteiger partial charge is 0.263 e. The summed E-state index contributed by atoms with van der Waals surface area (Å²) in [6.07, 6.45) is 0. The molecule has 1 heterocycles. The van der Waals surface area contributed by atoms with Crippen LogP contribution in [0, 0.1) is 0 Å². The monoisotopic (exact) mass is 360 g/mol. The Morgan fingerprint density at radius 2 is 2.04 bits per heavy atom. The SMILES string of the molecule is CNCCN(C)C(=O)C(C)N=C1NS(=O)(=O)c2ccccc21.Cl. The second kappa shape index (κ2) is 7.76. The summed E-state index contributed by atoms with van der Waals surface area (Å²) in [6, 6.07) is 5.92. The molecule has 0 aliphatic carbocycles. The van der Waals surface area contributed by atoms with Crippen LogP contribution in [0.1, 0.15) is 12.5 Å². The average molecular weight is 361 g/mol. The molecule has 0 aromatic heterocycles. The zero-order valence-electron chi connectivity index (χ0n) is 13.2. The van der Waals surface area contributed by atoms with Crippen LogP contribution in [0.4, 0.5) is 0 Å². The number of benzene rings is 1. The number of nitrogens with zero attached hydrogens (tertiary/aromatic N) is 2. The standard InChI is InChI=1S/C14H20N4O3S.ClH/c1-10(14(19)18(3)9-8-15-2)16-13-11-6-4-5-7-12(11)22(20,21)17-13;/h4-7,10,15H,8-9H2,1-3H3,(H,16,17);1H. The second-order valence-corrected chi connectivity index (χ2v) is 6.77. The number of aliphatic imine (C=N–C) groups is 1. The Kier molecular flexibility index (Phi) is 6.55. The maximum atomic E-state index is 12.2. The highest BCUT2D eigenvalue weighted by atomic mass is 35.5. The van der Waals surface area contributed by atoms with Crippen LogP contribution >= 0.6 is 12.4 Å². The number of amidine groups is 1. The zero-order valence-corrected chi connectivity index (χ0v) is 14.9. The van der Waals surface area contributed by atoms with E-state index in [1.165, 1.54) is 6.07 Å². The Morgan fingerprint density at radius 3 is 2.70 bits per heavy atom. The predicted octanol–water partition coefficient (Wildman–Crippen LogP) is 0.213. The molecule has 1 atom stereocenters. The van der Waals surface area contributed by atoms with Gasteiger partial charge in [-0.25, -0.2) is 8.42 Å². The maximum absolute atomic E-state index is 12.2. The molecule has 2 rings (SSSR count). The Labute approximate surface area is 142 Å². The number of carbonyl (C=O) groups excluding carboxylic acids is 1. The van der Waals surface area contributed by atoms with Crippen molar-refractivity contribution in [2.24, 2.45) is 4.99 Å². The van der Waals surface area contributed by atoms with E-state index < -0.39 is 16.1 Å². The first-order valence-corrected chi connectivity index (χ1v) is 8.44. The van der Waals surface area contributed by atoms with Crippen molar-refractivity contribution in [1.82, 2.24) is 14.9 Å². The van der Waals surface area contributed by atoms with Crippen molar-refractivity contribution in [3.05, 3.63) is 29.8 Å². The fourth-order valence-electron chi connectivity index (χ4n) is 2.19. The highest BCUT2D eigenvalue weighted by Crippen LogP contribution is 2.22. The van der Waals surface area contributed by atoms with Crippen molar-refractivity contribution in [1.29, 1.82) is 0 Å². The molecule has 0 saturated carbocycles. The quantitative estimate of drug-likeness (QED) is 0.785. The largest absolute Gasteiger partial charge is 0.343 e. The lowest BCUT2D eigenvalue weighted by molar-refractivity contribution is -0.130. The number of fused-ring (bicyclic) bond motifs is 1. The molecule has 1 aliphatic heterocycles. The van der Waals surface area contributed by atoms with E-state index in [0.717, 1.165) is 0 Å². The van der Waals surface area contributed by atoms with Crippen LogP contribution in [0.15, 0.2) is 34.2 Å². The highest BCUT2D eigenvalue weighted by molar-refractivity contribution is 7.90. The van der Waals surface area contributed by atoms with E-state index in [1.807, 2.05) is 7.05 Å². The number of rotatable bonds is 5. The Morgan fingerprint density at radius 1 is 1.39 bits per heavy atom. The van der Waals surface area contributed by atoms with Gasteiger partial charge in [0.2, 0.25) is 5.91 Å². The molecule has 0 radical (unpaired) electrons. The summed E-state index contributed by atoms with van der Waals surface area (Å²) in [4.78, 5) is 18.2. The fraction of sp³-hybridized carbons (Fsp3) is 0.429. The molecule has 23 heavy (non-hydrogen) atoms. The van der Waals surface area contributed by atoms with E-state index in [-0.39, 0.29) is 29.0 Å². The summed E-state index contributed by atoms with van der Waals surface area (Å²) in [5.41, 5.74) is 0.500. The molecule has 2 N–H and O–H groups in total. The van der Waals surface area contributed by atoms with Crippen molar-refractivity contribution in [2.75, 3.05) is 27.2 Å². The molecule has 128 valence electrons. The van der Waals surface area contributed by atoms with E-state index in [1.54, 1.807) is 37.1 Å². The van der Waals surface area contributed by atoms with Crippen molar-refractivity contribution >= 4 is 34.2 Å². The number of carbonyl (C=O) groups is 1. The van der Waals surface area contributed by atoms with Gasteiger partial charge in [0.1, 0.15) is 11.9 Å². The number of nitrogens with one attached hydrogen (secondary N) is 2. The number of amides is 1. The first-order chi connectivity index (χ1) is 10.4. The van der Waals surface area contributed by atoms with Crippen LogP contribution in [-0.4, -0.2) is 58.3 Å². The molecule has 0 saturated heterocycles. The predicted molar refractivity (Wildman–Crippen MR) is 91.6 cm³/mol. The molecule has 9 heteroatoms. The lowest BCUT2D eigenvalue weighted by atomic mass is 10.2. The van der Waals surface area contributed by atoms with E-state index in [4.69, 9.17) is 0 Å². The van der Waals surface area contributed by atoms with Gasteiger partial charge in [0, 0.05) is 25.7 Å². The minimum absolute atomic E-state index is 0. The van der Waals surface area contributed by atoms with Crippen LogP contribution in [0.3, 0.4) is 0 Å². The second-order valence-electron chi connectivity index (χ2n) is 5.12. The molecular weight excluding hydrogens is 340 g/mol. The summed E-state index contributed by atoms with van der Waals surface area (Å²) in [5, 5.41) is 2.97. The minimum atomic E-state index is -3.58. The summed E-state index contributed by atoms with van der Waals surface area (Å²) >= 11 is 0. The van der Waals surface area contributed by atoms with Gasteiger partial charge in [0.15, 0.2) is 0 Å². The fourth-order valence-corrected chi connectivity index (χ4v) is 3.43. The molecule has 1 aliphatic rings. The summed E-state index contributed by atoms with van der Waals surface area (Å²) in [5.74, 6) is 0.0600. The maximum Gasteiger partial charge on any atom is 0.263 e. The molecule has 7 nitrogen and oxygen atoms in total. The Bertz CT molecular complexity index is 706. The van der Waals surface area contributed by atoms with Gasteiger partial charge in [-0.1, -0.05) is 12.1 Å². The number of hydrogen-bond acceptors (Lipinski definition) is 5. The number of halogens is 1. The van der Waals surface area contributed by atoms with Crippen LogP contribution in [0.5, 0.6) is 0 Å². The van der Waals surface area contributed by atoms with Gasteiger partial charge < -0.3 is 10.2 Å². The average Bonchev–Trinajstić information content (AvgIpc) is 2.75. The van der Waals surface area contributed by atoms with Crippen molar-refractivity contribution in [2.45, 2.75) is 17.9 Å². The first kappa shape index (κ1) is 19.4. The third-order valence-corrected chi connectivity index (χ3v) is 4.81. The zero-order chi connectivity index (χ0) is 16.3. The first-order valence-electron chi connectivity index (χ1n) is 6.96. The molecule has 1 amide bonds. The van der Waals surface area contributed by atoms with Gasteiger partial charge in [-0.15, -0.1) is 12.4 Å². The van der Waals surface area contributed by atoms with Crippen LogP contribution < -0.4 is 10.0 Å². The van der Waals surface area contributed by atoms with E-state index >= 15 is 0 Å². The van der Waals surface area contributed by atoms with Crippen LogP contribution in [0.25, 0.3) is 0 Å². The highest BCUT2D eigenvalue weighted by Gasteiger charge is 2.31. The Balaban J connectivity index is 0.00000264. The number of sulfonamides is 1. The molecule has 1 aromatic carbocycles. The lowest BCUT2D eigenvalue weighted by Crippen LogP contribution is -2.38. The molecular formula is C14H21ClN4O3S. The third-order valence-electron chi connectivity index (χ3n) is 3.42. The van der Waals surface area contributed by atoms with E-state index in [2.05, 4.69) is 15.0 Å². The van der Waals surface area contributed by atoms with Crippen molar-refractivity contribution in [3.63, 3.8) is 0 Å².